The molecule has 4 N–H and O–H groups in total. The zero-order valence-electron chi connectivity index (χ0n) is 28.2. The highest BCUT2D eigenvalue weighted by molar-refractivity contribution is 7.46. The number of allylic oxidation sites excluding steroid dienone is 7. The summed E-state index contributed by atoms with van der Waals surface area (Å²) in [6.45, 7) is 3.26. The molecular weight excluding hydrogens is 611 g/mol. The fraction of sp³-hybridized carbons (Fsp3) is 0.714. The maximum Gasteiger partial charge on any atom is 0.469 e. The molecule has 46 heavy (non-hydrogen) atoms. The smallest absolute Gasteiger partial charge is 0.462 e. The van der Waals surface area contributed by atoms with Crippen LogP contribution in [0.15, 0.2) is 48.6 Å². The Morgan fingerprint density at radius 2 is 1.17 bits per heavy atom. The van der Waals surface area contributed by atoms with Crippen molar-refractivity contribution in [3.63, 3.8) is 0 Å². The lowest BCUT2D eigenvalue weighted by Gasteiger charge is -2.19. The lowest BCUT2D eigenvalue weighted by atomic mass is 10.0. The molecule has 0 spiro atoms. The Morgan fingerprint density at radius 1 is 0.652 bits per heavy atom. The summed E-state index contributed by atoms with van der Waals surface area (Å²) >= 11 is 0. The predicted octanol–water partition coefficient (Wildman–Crippen LogP) is 7.56. The molecule has 0 rings (SSSR count). The fourth-order valence-corrected chi connectivity index (χ4v) is 4.76. The van der Waals surface area contributed by atoms with Crippen molar-refractivity contribution in [3.05, 3.63) is 48.6 Å². The van der Waals surface area contributed by atoms with Crippen LogP contribution in [0.2, 0.25) is 0 Å². The van der Waals surface area contributed by atoms with E-state index in [1.54, 1.807) is 6.08 Å². The number of carbonyl (C=O) groups excluding carboxylic acids is 2. The van der Waals surface area contributed by atoms with Crippen molar-refractivity contribution in [1.82, 2.24) is 0 Å². The van der Waals surface area contributed by atoms with E-state index in [-0.39, 0.29) is 32.1 Å². The first-order valence-corrected chi connectivity index (χ1v) is 18.6. The van der Waals surface area contributed by atoms with Gasteiger partial charge in [0.05, 0.1) is 18.8 Å². The van der Waals surface area contributed by atoms with E-state index in [1.807, 2.05) is 12.2 Å². The molecule has 0 aliphatic carbocycles. The molecule has 11 heteroatoms. The molecule has 0 saturated carbocycles. The lowest BCUT2D eigenvalue weighted by Crippen LogP contribution is -2.30. The van der Waals surface area contributed by atoms with Crippen LogP contribution in [-0.2, 0) is 28.2 Å². The molecule has 10 nitrogen and oxygen atoms in total. The molecular formula is C35H61O10P. The topological polar surface area (TPSA) is 160 Å². The highest BCUT2D eigenvalue weighted by Gasteiger charge is 2.23. The van der Waals surface area contributed by atoms with Gasteiger partial charge in [-0.2, -0.15) is 0 Å². The van der Waals surface area contributed by atoms with E-state index in [2.05, 4.69) is 48.8 Å². The first-order chi connectivity index (χ1) is 22.1. The van der Waals surface area contributed by atoms with Crippen LogP contribution in [0.3, 0.4) is 0 Å². The van der Waals surface area contributed by atoms with Gasteiger partial charge in [-0.25, -0.2) is 4.57 Å². The van der Waals surface area contributed by atoms with Crippen LogP contribution in [0.25, 0.3) is 0 Å². The number of hydrogen-bond donors (Lipinski definition) is 4. The van der Waals surface area contributed by atoms with Gasteiger partial charge in [0.25, 0.3) is 0 Å². The Labute approximate surface area is 277 Å². The number of carbonyl (C=O) groups is 2. The van der Waals surface area contributed by atoms with Crippen molar-refractivity contribution in [2.75, 3.05) is 13.2 Å². The molecule has 0 bridgehead atoms. The average molecular weight is 673 g/mol. The Balaban J connectivity index is 4.32. The van der Waals surface area contributed by atoms with E-state index in [4.69, 9.17) is 19.3 Å². The molecule has 0 heterocycles. The van der Waals surface area contributed by atoms with E-state index >= 15 is 0 Å². The predicted molar refractivity (Wildman–Crippen MR) is 182 cm³/mol. The molecule has 266 valence electrons. The van der Waals surface area contributed by atoms with Crippen LogP contribution >= 0.6 is 7.82 Å². The average Bonchev–Trinajstić information content (AvgIpc) is 3.01. The molecule has 3 atom stereocenters. The van der Waals surface area contributed by atoms with Crippen molar-refractivity contribution >= 4 is 19.8 Å². The molecule has 0 aliphatic rings. The Kier molecular flexibility index (Phi) is 28.9. The number of aliphatic hydroxyl groups excluding tert-OH is 2. The monoisotopic (exact) mass is 672 g/mol. The maximum atomic E-state index is 12.3. The van der Waals surface area contributed by atoms with Crippen molar-refractivity contribution < 1.29 is 48.2 Å². The van der Waals surface area contributed by atoms with Crippen LogP contribution in [0.4, 0.5) is 0 Å². The summed E-state index contributed by atoms with van der Waals surface area (Å²) < 4.78 is 26.0. The highest BCUT2D eigenvalue weighted by atomic mass is 31.2. The van der Waals surface area contributed by atoms with Crippen molar-refractivity contribution in [2.45, 2.75) is 148 Å². The van der Waals surface area contributed by atoms with E-state index in [0.29, 0.717) is 6.42 Å². The minimum absolute atomic E-state index is 0.105. The van der Waals surface area contributed by atoms with Gasteiger partial charge in [-0.1, -0.05) is 114 Å². The Bertz CT molecular complexity index is 924. The van der Waals surface area contributed by atoms with Gasteiger partial charge in [0.15, 0.2) is 6.10 Å². The quantitative estimate of drug-likeness (QED) is 0.0260. The van der Waals surface area contributed by atoms with Crippen LogP contribution in [0.5, 0.6) is 0 Å². The van der Waals surface area contributed by atoms with Crippen LogP contribution in [-0.4, -0.2) is 63.5 Å². The van der Waals surface area contributed by atoms with Gasteiger partial charge < -0.3 is 29.5 Å². The second-order valence-corrected chi connectivity index (χ2v) is 12.7. The van der Waals surface area contributed by atoms with E-state index < -0.39 is 51.3 Å². The van der Waals surface area contributed by atoms with Gasteiger partial charge in [0, 0.05) is 12.8 Å². The molecule has 0 fully saturated rings. The zero-order valence-corrected chi connectivity index (χ0v) is 29.1. The van der Waals surface area contributed by atoms with Gasteiger partial charge in [0.2, 0.25) is 0 Å². The Hall–Kier alpha value is -2.07. The van der Waals surface area contributed by atoms with Crippen molar-refractivity contribution in [2.24, 2.45) is 0 Å². The summed E-state index contributed by atoms with van der Waals surface area (Å²) in [6.07, 6.45) is 27.4. The Morgan fingerprint density at radius 3 is 1.74 bits per heavy atom. The first-order valence-electron chi connectivity index (χ1n) is 17.1. The van der Waals surface area contributed by atoms with Gasteiger partial charge in [-0.15, -0.1) is 0 Å². The minimum Gasteiger partial charge on any atom is -0.462 e. The van der Waals surface area contributed by atoms with Crippen LogP contribution < -0.4 is 0 Å². The third-order valence-electron chi connectivity index (χ3n) is 7.06. The molecule has 0 amide bonds. The van der Waals surface area contributed by atoms with Crippen molar-refractivity contribution in [1.29, 1.82) is 0 Å². The van der Waals surface area contributed by atoms with Crippen molar-refractivity contribution in [3.8, 4) is 0 Å². The highest BCUT2D eigenvalue weighted by Crippen LogP contribution is 2.36. The molecule has 0 radical (unpaired) electrons. The number of phosphoric acid groups is 1. The van der Waals surface area contributed by atoms with E-state index in [0.717, 1.165) is 44.9 Å². The zero-order chi connectivity index (χ0) is 34.3. The molecule has 0 unspecified atom stereocenters. The number of hydrogen-bond acceptors (Lipinski definition) is 8. The van der Waals surface area contributed by atoms with Gasteiger partial charge in [0.1, 0.15) is 6.61 Å². The SMILES string of the molecule is CC/C=C\C/C=C\C/C=C\C/C=C\C[C@@H](O)[C@H](O)CCCC(=O)O[C@H](COC(=O)CCCCCCCCCCC)COP(=O)(O)O. The van der Waals surface area contributed by atoms with Crippen LogP contribution in [0, 0.1) is 0 Å². The molecule has 0 saturated heterocycles. The molecule has 0 aliphatic heterocycles. The van der Waals surface area contributed by atoms with E-state index in [9.17, 15) is 24.4 Å². The number of phosphoric ester groups is 1. The number of rotatable bonds is 30. The third kappa shape index (κ3) is 30.6. The maximum absolute atomic E-state index is 12.3. The largest absolute Gasteiger partial charge is 0.469 e. The number of esters is 2. The van der Waals surface area contributed by atoms with Gasteiger partial charge in [-0.3, -0.25) is 14.1 Å². The molecule has 0 aromatic heterocycles. The summed E-state index contributed by atoms with van der Waals surface area (Å²) in [7, 11) is -4.83. The fourth-order valence-electron chi connectivity index (χ4n) is 4.40. The summed E-state index contributed by atoms with van der Waals surface area (Å²) in [4.78, 5) is 42.5. The summed E-state index contributed by atoms with van der Waals surface area (Å²) in [5.41, 5.74) is 0. The second kappa shape index (κ2) is 30.3. The number of unbranched alkanes of at least 4 members (excludes halogenated alkanes) is 8. The second-order valence-electron chi connectivity index (χ2n) is 11.4. The summed E-state index contributed by atoms with van der Waals surface area (Å²) in [6, 6.07) is 0. The normalized spacial score (nSPS) is 14.5. The summed E-state index contributed by atoms with van der Waals surface area (Å²) in [5, 5.41) is 20.5. The number of ether oxygens (including phenoxy) is 2. The number of aliphatic hydroxyl groups is 2. The third-order valence-corrected chi connectivity index (χ3v) is 7.55. The lowest BCUT2D eigenvalue weighted by molar-refractivity contribution is -0.161. The molecule has 0 aromatic carbocycles. The minimum atomic E-state index is -4.83. The molecule has 0 aromatic rings. The standard InChI is InChI=1S/C35H61O10P/c1-3-5-7-9-11-13-14-15-17-18-20-22-25-32(36)33(37)26-24-28-35(39)45-31(30-44-46(40,41)42)29-43-34(38)27-23-21-19-16-12-10-8-6-4-2/h5,7,11,13,15,17,20,22,31-33,36-37H,3-4,6,8-10,12,14,16,18-19,21,23-30H2,1-2H3,(H2,40,41,42)/b7-5-,13-11-,17-15-,22-20-/t31-,32-,33-/m1/s1. The summed E-state index contributed by atoms with van der Waals surface area (Å²) in [5.74, 6) is -1.18. The van der Waals surface area contributed by atoms with Crippen LogP contribution in [0.1, 0.15) is 129 Å². The van der Waals surface area contributed by atoms with Gasteiger partial charge in [-0.05, 0) is 51.4 Å². The van der Waals surface area contributed by atoms with Gasteiger partial charge >= 0.3 is 19.8 Å². The van der Waals surface area contributed by atoms with E-state index in [1.165, 1.54) is 32.1 Å². The first kappa shape index (κ1) is 43.9.